The molecule has 0 aromatic heterocycles. The Hall–Kier alpha value is -2.44. The highest BCUT2D eigenvalue weighted by molar-refractivity contribution is 5.93. The molecule has 0 saturated carbocycles. The predicted molar refractivity (Wildman–Crippen MR) is 68.2 cm³/mol. The molecule has 0 heterocycles. The van der Waals surface area contributed by atoms with E-state index in [2.05, 4.69) is 5.32 Å². The van der Waals surface area contributed by atoms with Gasteiger partial charge in [0.15, 0.2) is 11.9 Å². The molecule has 0 fully saturated rings. The second-order valence-corrected chi connectivity index (χ2v) is 3.90. The number of benzene rings is 1. The van der Waals surface area contributed by atoms with E-state index in [0.717, 1.165) is 6.07 Å². The number of nitro benzene ring substituents is 1. The summed E-state index contributed by atoms with van der Waals surface area (Å²) >= 11 is 0. The average Bonchev–Trinajstić information content (AvgIpc) is 2.37. The fourth-order valence-corrected chi connectivity index (χ4v) is 1.33. The van der Waals surface area contributed by atoms with Gasteiger partial charge in [-0.3, -0.25) is 14.9 Å². The molecule has 19 heavy (non-hydrogen) atoms. The first-order chi connectivity index (χ1) is 8.86. The number of carbonyl (C=O) groups is 2. The number of anilines is 1. The van der Waals surface area contributed by atoms with Crippen LogP contribution in [0.1, 0.15) is 24.2 Å². The van der Waals surface area contributed by atoms with E-state index in [1.165, 1.54) is 33.0 Å². The molecule has 1 aromatic rings. The minimum Gasteiger partial charge on any atom is -0.451 e. The van der Waals surface area contributed by atoms with Gasteiger partial charge in [0.2, 0.25) is 0 Å². The second-order valence-electron chi connectivity index (χ2n) is 3.90. The van der Waals surface area contributed by atoms with Crippen LogP contribution in [0.5, 0.6) is 0 Å². The maximum Gasteiger partial charge on any atom is 0.339 e. The molecular weight excluding hydrogens is 252 g/mol. The highest BCUT2D eigenvalue weighted by Crippen LogP contribution is 2.25. The van der Waals surface area contributed by atoms with Crippen LogP contribution in [0, 0.1) is 10.1 Å². The highest BCUT2D eigenvalue weighted by atomic mass is 16.6. The number of hydrogen-bond donors (Lipinski definition) is 1. The Morgan fingerprint density at radius 1 is 1.42 bits per heavy atom. The Bertz CT molecular complexity index is 527. The molecule has 1 rings (SSSR count). The van der Waals surface area contributed by atoms with E-state index in [0.29, 0.717) is 5.69 Å². The monoisotopic (exact) mass is 266 g/mol. The van der Waals surface area contributed by atoms with Crippen LogP contribution in [0.3, 0.4) is 0 Å². The summed E-state index contributed by atoms with van der Waals surface area (Å²) in [6, 6.07) is 3.92. The van der Waals surface area contributed by atoms with E-state index in [4.69, 9.17) is 4.74 Å². The van der Waals surface area contributed by atoms with Crippen LogP contribution >= 0.6 is 0 Å². The number of hydrogen-bond acceptors (Lipinski definition) is 6. The van der Waals surface area contributed by atoms with Gasteiger partial charge in [0, 0.05) is 13.1 Å². The van der Waals surface area contributed by atoms with Gasteiger partial charge in [-0.15, -0.1) is 0 Å². The van der Waals surface area contributed by atoms with Crippen LogP contribution in [0.15, 0.2) is 18.2 Å². The highest BCUT2D eigenvalue weighted by Gasteiger charge is 2.20. The molecule has 0 amide bonds. The van der Waals surface area contributed by atoms with E-state index in [1.807, 2.05) is 0 Å². The zero-order valence-electron chi connectivity index (χ0n) is 10.8. The van der Waals surface area contributed by atoms with Crippen molar-refractivity contribution in [3.63, 3.8) is 0 Å². The minimum atomic E-state index is -0.879. The van der Waals surface area contributed by atoms with Crippen molar-refractivity contribution in [3.05, 3.63) is 33.9 Å². The molecule has 1 unspecified atom stereocenters. The van der Waals surface area contributed by atoms with Crippen molar-refractivity contribution in [2.24, 2.45) is 0 Å². The minimum absolute atomic E-state index is 0.0267. The van der Waals surface area contributed by atoms with Crippen molar-refractivity contribution in [3.8, 4) is 0 Å². The van der Waals surface area contributed by atoms with Gasteiger partial charge < -0.3 is 10.1 Å². The lowest BCUT2D eigenvalue weighted by Crippen LogP contribution is -2.21. The average molecular weight is 266 g/mol. The van der Waals surface area contributed by atoms with Gasteiger partial charge in [0.1, 0.15) is 5.69 Å². The van der Waals surface area contributed by atoms with Crippen LogP contribution in [0.2, 0.25) is 0 Å². The van der Waals surface area contributed by atoms with Crippen molar-refractivity contribution in [1.82, 2.24) is 0 Å². The molecule has 1 aromatic carbocycles. The second kappa shape index (κ2) is 5.94. The number of carbonyl (C=O) groups excluding carboxylic acids is 2. The Morgan fingerprint density at radius 3 is 2.53 bits per heavy atom. The molecule has 0 aliphatic heterocycles. The van der Waals surface area contributed by atoms with Gasteiger partial charge in [0.05, 0.1) is 10.5 Å². The molecule has 1 N–H and O–H groups in total. The number of rotatable bonds is 5. The number of esters is 1. The molecule has 0 aliphatic carbocycles. The van der Waals surface area contributed by atoms with Gasteiger partial charge >= 0.3 is 5.97 Å². The molecule has 7 nitrogen and oxygen atoms in total. The summed E-state index contributed by atoms with van der Waals surface area (Å²) in [5.74, 6) is -1.07. The van der Waals surface area contributed by atoms with Crippen molar-refractivity contribution in [2.75, 3.05) is 12.4 Å². The zero-order valence-corrected chi connectivity index (χ0v) is 10.8. The topological polar surface area (TPSA) is 98.5 Å². The molecular formula is C12H14N2O5. The maximum atomic E-state index is 11.7. The van der Waals surface area contributed by atoms with Gasteiger partial charge in [-0.25, -0.2) is 4.79 Å². The Balaban J connectivity index is 3.02. The summed E-state index contributed by atoms with van der Waals surface area (Å²) in [5.41, 5.74) is 0.0902. The number of nitrogens with one attached hydrogen (secondary N) is 1. The number of ether oxygens (including phenoxy) is 1. The largest absolute Gasteiger partial charge is 0.451 e. The summed E-state index contributed by atoms with van der Waals surface area (Å²) in [6.45, 7) is 2.74. The summed E-state index contributed by atoms with van der Waals surface area (Å²) < 4.78 is 4.87. The molecule has 102 valence electrons. The third kappa shape index (κ3) is 3.51. The van der Waals surface area contributed by atoms with Crippen LogP contribution in [0.25, 0.3) is 0 Å². The first-order valence-electron chi connectivity index (χ1n) is 5.54. The van der Waals surface area contributed by atoms with E-state index in [1.54, 1.807) is 0 Å². The standard InChI is InChI=1S/C12H14N2O5/c1-7(15)8(2)19-12(16)9-4-5-10(13-3)11(6-9)14(17)18/h4-6,8,13H,1-3H3. The molecule has 0 spiro atoms. The fraction of sp³-hybridized carbons (Fsp3) is 0.333. The Kier molecular flexibility index (Phi) is 4.57. The van der Waals surface area contributed by atoms with E-state index >= 15 is 0 Å². The fourth-order valence-electron chi connectivity index (χ4n) is 1.33. The lowest BCUT2D eigenvalue weighted by molar-refractivity contribution is -0.384. The molecule has 0 saturated heterocycles. The first-order valence-corrected chi connectivity index (χ1v) is 5.54. The summed E-state index contributed by atoms with van der Waals surface area (Å²) in [6.07, 6.45) is -0.879. The normalized spacial score (nSPS) is 11.5. The van der Waals surface area contributed by atoms with E-state index in [-0.39, 0.29) is 17.0 Å². The zero-order chi connectivity index (χ0) is 14.6. The molecule has 7 heteroatoms. The molecule has 0 radical (unpaired) electrons. The van der Waals surface area contributed by atoms with Crippen molar-refractivity contribution in [2.45, 2.75) is 20.0 Å². The van der Waals surface area contributed by atoms with Crippen molar-refractivity contribution >= 4 is 23.1 Å². The number of nitro groups is 1. The Morgan fingerprint density at radius 2 is 2.05 bits per heavy atom. The maximum absolute atomic E-state index is 11.7. The smallest absolute Gasteiger partial charge is 0.339 e. The SMILES string of the molecule is CNc1ccc(C(=O)OC(C)C(C)=O)cc1[N+](=O)[O-]. The number of ketones is 1. The number of nitrogens with zero attached hydrogens (tertiary/aromatic N) is 1. The number of Topliss-reactive ketones (excluding diaryl/α,β-unsaturated/α-hetero) is 1. The first kappa shape index (κ1) is 14.6. The van der Waals surface area contributed by atoms with Crippen molar-refractivity contribution in [1.29, 1.82) is 0 Å². The van der Waals surface area contributed by atoms with Gasteiger partial charge in [-0.1, -0.05) is 0 Å². The van der Waals surface area contributed by atoms with Crippen LogP contribution in [-0.4, -0.2) is 29.8 Å². The van der Waals surface area contributed by atoms with Crippen LogP contribution in [0.4, 0.5) is 11.4 Å². The Labute approximate surface area is 109 Å². The van der Waals surface area contributed by atoms with Crippen LogP contribution in [-0.2, 0) is 9.53 Å². The third-order valence-corrected chi connectivity index (χ3v) is 2.56. The summed E-state index contributed by atoms with van der Waals surface area (Å²) in [5, 5.41) is 13.5. The van der Waals surface area contributed by atoms with Crippen LogP contribution < -0.4 is 5.32 Å². The van der Waals surface area contributed by atoms with Gasteiger partial charge in [-0.05, 0) is 26.0 Å². The van der Waals surface area contributed by atoms with Gasteiger partial charge in [0.25, 0.3) is 5.69 Å². The van der Waals surface area contributed by atoms with E-state index in [9.17, 15) is 19.7 Å². The molecule has 0 aliphatic rings. The summed E-state index contributed by atoms with van der Waals surface area (Å²) in [7, 11) is 1.54. The quantitative estimate of drug-likeness (QED) is 0.495. The van der Waals surface area contributed by atoms with Crippen molar-refractivity contribution < 1.29 is 19.2 Å². The summed E-state index contributed by atoms with van der Waals surface area (Å²) in [4.78, 5) is 33.0. The lowest BCUT2D eigenvalue weighted by atomic mass is 10.1. The third-order valence-electron chi connectivity index (χ3n) is 2.56. The van der Waals surface area contributed by atoms with Gasteiger partial charge in [-0.2, -0.15) is 0 Å². The van der Waals surface area contributed by atoms with E-state index < -0.39 is 17.0 Å². The molecule has 1 atom stereocenters. The molecule has 0 bridgehead atoms. The lowest BCUT2D eigenvalue weighted by Gasteiger charge is -2.10. The predicted octanol–water partition coefficient (Wildman–Crippen LogP) is 1.77.